The van der Waals surface area contributed by atoms with Gasteiger partial charge in [0.1, 0.15) is 0 Å². The average molecular weight is 236 g/mol. The van der Waals surface area contributed by atoms with E-state index >= 15 is 0 Å². The lowest BCUT2D eigenvalue weighted by molar-refractivity contribution is 0.667. The van der Waals surface area contributed by atoms with Crippen LogP contribution in [0.3, 0.4) is 0 Å². The van der Waals surface area contributed by atoms with E-state index in [1.807, 2.05) is 0 Å². The van der Waals surface area contributed by atoms with E-state index in [0.717, 1.165) is 13.0 Å². The zero-order chi connectivity index (χ0) is 11.2. The Hall–Kier alpha value is -0.670. The minimum atomic E-state index is 0.668. The van der Waals surface area contributed by atoms with Crippen LogP contribution in [0, 0.1) is 0 Å². The summed E-state index contributed by atoms with van der Waals surface area (Å²) in [6.45, 7) is 0.729. The molecule has 0 atom stereocenters. The molecule has 16 heavy (non-hydrogen) atoms. The molecule has 0 saturated carbocycles. The van der Waals surface area contributed by atoms with Gasteiger partial charge in [-0.05, 0) is 55.0 Å². The van der Waals surface area contributed by atoms with Gasteiger partial charge in [0.25, 0.3) is 0 Å². The minimum absolute atomic E-state index is 0.668. The highest BCUT2D eigenvalue weighted by Gasteiger charge is 2.12. The number of nitrogens with two attached hydrogens (primary N) is 1. The monoisotopic (exact) mass is 236 g/mol. The fraction of sp³-hybridized carbons (Fsp3) is 0.538. The number of hydrogen-bond donors (Lipinski definition) is 2. The van der Waals surface area contributed by atoms with E-state index in [2.05, 4.69) is 41.3 Å². The molecule has 1 aromatic carbocycles. The van der Waals surface area contributed by atoms with E-state index in [1.54, 1.807) is 0 Å². The van der Waals surface area contributed by atoms with Crippen LogP contribution in [0.1, 0.15) is 18.4 Å². The Morgan fingerprint density at radius 2 is 1.88 bits per heavy atom. The molecule has 1 aliphatic heterocycles. The topological polar surface area (TPSA) is 38.0 Å². The molecule has 1 aromatic rings. The lowest BCUT2D eigenvalue weighted by atomic mass is 10.1. The average Bonchev–Trinajstić information content (AvgIpc) is 2.33. The maximum absolute atomic E-state index is 5.53. The van der Waals surface area contributed by atoms with Gasteiger partial charge >= 0.3 is 0 Å². The van der Waals surface area contributed by atoms with Crippen LogP contribution < -0.4 is 11.1 Å². The van der Waals surface area contributed by atoms with Crippen LogP contribution >= 0.6 is 11.8 Å². The summed E-state index contributed by atoms with van der Waals surface area (Å²) in [6, 6.07) is 9.36. The molecule has 2 nitrogen and oxygen atoms in total. The Morgan fingerprint density at radius 3 is 2.50 bits per heavy atom. The molecular weight excluding hydrogens is 216 g/mol. The first-order valence-electron chi connectivity index (χ1n) is 6.02. The predicted octanol–water partition coefficient (Wildman–Crippen LogP) is 2.50. The van der Waals surface area contributed by atoms with Crippen molar-refractivity contribution in [1.29, 1.82) is 0 Å². The second kappa shape index (κ2) is 6.16. The van der Waals surface area contributed by atoms with Crippen LogP contribution in [0.15, 0.2) is 24.3 Å². The first kappa shape index (κ1) is 11.8. The largest absolute Gasteiger partial charge is 0.382 e. The van der Waals surface area contributed by atoms with Crippen molar-refractivity contribution in [2.24, 2.45) is 5.73 Å². The van der Waals surface area contributed by atoms with Crippen LogP contribution in [-0.2, 0) is 6.42 Å². The van der Waals surface area contributed by atoms with Crippen molar-refractivity contribution >= 4 is 17.4 Å². The molecule has 0 aliphatic carbocycles. The van der Waals surface area contributed by atoms with Gasteiger partial charge in [-0.25, -0.2) is 0 Å². The molecular formula is C13H20N2S. The number of thioether (sulfide) groups is 1. The molecule has 1 heterocycles. The standard InChI is InChI=1S/C13H20N2S/c14-8-5-11-1-3-12(4-2-11)15-13-6-9-16-10-7-13/h1-4,13,15H,5-10,14H2. The second-order valence-electron chi connectivity index (χ2n) is 4.27. The molecule has 3 heteroatoms. The molecule has 2 rings (SSSR count). The summed E-state index contributed by atoms with van der Waals surface area (Å²) >= 11 is 2.06. The Kier molecular flexibility index (Phi) is 4.55. The summed E-state index contributed by atoms with van der Waals surface area (Å²) in [7, 11) is 0. The van der Waals surface area contributed by atoms with Crippen molar-refractivity contribution in [3.63, 3.8) is 0 Å². The minimum Gasteiger partial charge on any atom is -0.382 e. The smallest absolute Gasteiger partial charge is 0.0342 e. The van der Waals surface area contributed by atoms with Crippen LogP contribution in [0.4, 0.5) is 5.69 Å². The van der Waals surface area contributed by atoms with Crippen molar-refractivity contribution in [3.8, 4) is 0 Å². The van der Waals surface area contributed by atoms with Crippen molar-refractivity contribution < 1.29 is 0 Å². The summed E-state index contributed by atoms with van der Waals surface area (Å²) in [4.78, 5) is 0. The van der Waals surface area contributed by atoms with Gasteiger partial charge in [0, 0.05) is 11.7 Å². The first-order chi connectivity index (χ1) is 7.88. The van der Waals surface area contributed by atoms with Crippen LogP contribution in [-0.4, -0.2) is 24.1 Å². The lowest BCUT2D eigenvalue weighted by Crippen LogP contribution is -2.24. The molecule has 1 aliphatic rings. The second-order valence-corrected chi connectivity index (χ2v) is 5.49. The molecule has 0 spiro atoms. The number of hydrogen-bond acceptors (Lipinski definition) is 3. The third-order valence-electron chi connectivity index (χ3n) is 2.98. The van der Waals surface area contributed by atoms with Gasteiger partial charge in [-0.1, -0.05) is 12.1 Å². The molecule has 0 amide bonds. The molecule has 0 radical (unpaired) electrons. The van der Waals surface area contributed by atoms with E-state index in [9.17, 15) is 0 Å². The number of anilines is 1. The highest BCUT2D eigenvalue weighted by molar-refractivity contribution is 7.99. The fourth-order valence-electron chi connectivity index (χ4n) is 2.01. The number of rotatable bonds is 4. The molecule has 1 fully saturated rings. The van der Waals surface area contributed by atoms with E-state index in [4.69, 9.17) is 5.73 Å². The fourth-order valence-corrected chi connectivity index (χ4v) is 3.12. The van der Waals surface area contributed by atoms with Crippen molar-refractivity contribution in [3.05, 3.63) is 29.8 Å². The van der Waals surface area contributed by atoms with E-state index < -0.39 is 0 Å². The third kappa shape index (κ3) is 3.42. The maximum atomic E-state index is 5.53. The van der Waals surface area contributed by atoms with Gasteiger partial charge in [0.05, 0.1) is 0 Å². The quantitative estimate of drug-likeness (QED) is 0.843. The number of benzene rings is 1. The molecule has 3 N–H and O–H groups in total. The van der Waals surface area contributed by atoms with Gasteiger partial charge in [0.2, 0.25) is 0 Å². The molecule has 0 unspecified atom stereocenters. The normalized spacial score (nSPS) is 17.3. The van der Waals surface area contributed by atoms with Crippen molar-refractivity contribution in [2.45, 2.75) is 25.3 Å². The molecule has 0 bridgehead atoms. The van der Waals surface area contributed by atoms with Gasteiger partial charge in [-0.2, -0.15) is 11.8 Å². The Bertz CT molecular complexity index is 304. The highest BCUT2D eigenvalue weighted by Crippen LogP contribution is 2.21. The first-order valence-corrected chi connectivity index (χ1v) is 7.17. The number of nitrogens with one attached hydrogen (secondary N) is 1. The molecule has 1 saturated heterocycles. The van der Waals surface area contributed by atoms with Gasteiger partial charge in [0.15, 0.2) is 0 Å². The Labute approximate surface area is 102 Å². The van der Waals surface area contributed by atoms with E-state index in [1.165, 1.54) is 35.6 Å². The Morgan fingerprint density at radius 1 is 1.19 bits per heavy atom. The van der Waals surface area contributed by atoms with E-state index in [-0.39, 0.29) is 0 Å². The van der Waals surface area contributed by atoms with Crippen LogP contribution in [0.2, 0.25) is 0 Å². The summed E-state index contributed by atoms with van der Waals surface area (Å²) in [5, 5.41) is 3.61. The molecule has 0 aromatic heterocycles. The highest BCUT2D eigenvalue weighted by atomic mass is 32.2. The zero-order valence-corrected chi connectivity index (χ0v) is 10.4. The zero-order valence-electron chi connectivity index (χ0n) is 9.61. The summed E-state index contributed by atoms with van der Waals surface area (Å²) in [5.74, 6) is 2.59. The van der Waals surface area contributed by atoms with Crippen LogP contribution in [0.25, 0.3) is 0 Å². The lowest BCUT2D eigenvalue weighted by Gasteiger charge is -2.23. The SMILES string of the molecule is NCCc1ccc(NC2CCSCC2)cc1. The van der Waals surface area contributed by atoms with Gasteiger partial charge in [-0.3, -0.25) is 0 Å². The Balaban J connectivity index is 1.88. The summed E-state index contributed by atoms with van der Waals surface area (Å²) in [5.41, 5.74) is 8.10. The maximum Gasteiger partial charge on any atom is 0.0342 e. The van der Waals surface area contributed by atoms with Crippen LogP contribution in [0.5, 0.6) is 0 Å². The van der Waals surface area contributed by atoms with Gasteiger partial charge < -0.3 is 11.1 Å². The summed E-state index contributed by atoms with van der Waals surface area (Å²) < 4.78 is 0. The van der Waals surface area contributed by atoms with E-state index in [0.29, 0.717) is 6.04 Å². The summed E-state index contributed by atoms with van der Waals surface area (Å²) in [6.07, 6.45) is 3.55. The van der Waals surface area contributed by atoms with Crippen molar-refractivity contribution in [2.75, 3.05) is 23.4 Å². The van der Waals surface area contributed by atoms with Gasteiger partial charge in [-0.15, -0.1) is 0 Å². The molecule has 88 valence electrons. The third-order valence-corrected chi connectivity index (χ3v) is 4.03. The van der Waals surface area contributed by atoms with Crippen molar-refractivity contribution in [1.82, 2.24) is 0 Å². The predicted molar refractivity (Wildman–Crippen MR) is 73.2 cm³/mol.